The number of rotatable bonds is 6. The maximum absolute atomic E-state index is 12.3. The molecule has 0 amide bonds. The summed E-state index contributed by atoms with van der Waals surface area (Å²) in [5.41, 5.74) is 6.54. The average molecular weight is 455 g/mol. The van der Waals surface area contributed by atoms with E-state index in [0.717, 1.165) is 44.0 Å². The molecule has 0 saturated carbocycles. The number of nitrogens with zero attached hydrogens (tertiary/aromatic N) is 4. The first-order valence-electron chi connectivity index (χ1n) is 10.1. The molecule has 4 aromatic rings. The van der Waals surface area contributed by atoms with E-state index in [0.29, 0.717) is 25.9 Å². The number of hydrogen-bond donors (Lipinski definition) is 2. The molecule has 1 aliphatic heterocycles. The molecule has 3 aromatic heterocycles. The van der Waals surface area contributed by atoms with Crippen molar-refractivity contribution in [1.82, 2.24) is 24.2 Å². The molecule has 0 atom stereocenters. The van der Waals surface area contributed by atoms with E-state index in [1.807, 2.05) is 36.7 Å². The van der Waals surface area contributed by atoms with Crippen LogP contribution in [0.3, 0.4) is 0 Å². The Morgan fingerprint density at radius 2 is 2.13 bits per heavy atom. The third-order valence-corrected chi connectivity index (χ3v) is 8.23. The zero-order valence-corrected chi connectivity index (χ0v) is 18.6. The van der Waals surface area contributed by atoms with Crippen LogP contribution in [0.15, 0.2) is 42.2 Å². The van der Waals surface area contributed by atoms with E-state index in [2.05, 4.69) is 31.3 Å². The van der Waals surface area contributed by atoms with Gasteiger partial charge in [0.05, 0.1) is 26.9 Å². The third-order valence-electron chi connectivity index (χ3n) is 5.39. The predicted molar refractivity (Wildman–Crippen MR) is 125 cm³/mol. The number of benzene rings is 1. The molecule has 0 saturated heterocycles. The highest BCUT2D eigenvalue weighted by Crippen LogP contribution is 2.30. The Bertz CT molecular complexity index is 1390. The molecule has 0 unspecified atom stereocenters. The monoisotopic (exact) mass is 454 g/mol. The number of thiazole rings is 1. The molecule has 1 aromatic carbocycles. The number of hydrogen-bond acceptors (Lipinski definition) is 7. The van der Waals surface area contributed by atoms with Crippen molar-refractivity contribution in [3.05, 3.63) is 47.9 Å². The maximum Gasteiger partial charge on any atom is 0.214 e. The van der Waals surface area contributed by atoms with Gasteiger partial charge >= 0.3 is 0 Å². The van der Waals surface area contributed by atoms with Crippen LogP contribution in [0.4, 0.5) is 11.5 Å². The lowest BCUT2D eigenvalue weighted by Gasteiger charge is -2.25. The lowest BCUT2D eigenvalue weighted by atomic mass is 10.1. The van der Waals surface area contributed by atoms with Gasteiger partial charge in [-0.1, -0.05) is 13.0 Å². The largest absolute Gasteiger partial charge is 0.340 e. The van der Waals surface area contributed by atoms with E-state index >= 15 is 0 Å². The first-order chi connectivity index (χ1) is 15.0. The Hall–Kier alpha value is -2.82. The van der Waals surface area contributed by atoms with Crippen LogP contribution in [-0.2, 0) is 10.0 Å². The van der Waals surface area contributed by atoms with Gasteiger partial charge in [0.25, 0.3) is 0 Å². The molecule has 0 spiro atoms. The molecule has 0 bridgehead atoms. The number of nitrogens with one attached hydrogen (secondary N) is 2. The summed E-state index contributed by atoms with van der Waals surface area (Å²) in [6, 6.07) is 8.06. The van der Waals surface area contributed by atoms with E-state index < -0.39 is 10.0 Å². The van der Waals surface area contributed by atoms with Crippen molar-refractivity contribution in [2.75, 3.05) is 24.2 Å². The fourth-order valence-electron chi connectivity index (χ4n) is 3.82. The zero-order chi connectivity index (χ0) is 21.4. The van der Waals surface area contributed by atoms with Crippen LogP contribution in [0.1, 0.15) is 25.5 Å². The third kappa shape index (κ3) is 3.93. The van der Waals surface area contributed by atoms with Crippen molar-refractivity contribution in [3.8, 4) is 0 Å². The highest BCUT2D eigenvalue weighted by atomic mass is 32.2. The molecular weight excluding hydrogens is 432 g/mol. The van der Waals surface area contributed by atoms with Crippen molar-refractivity contribution in [1.29, 1.82) is 0 Å². The number of sulfonamides is 1. The van der Waals surface area contributed by atoms with Crippen LogP contribution in [0.25, 0.3) is 26.8 Å². The minimum absolute atomic E-state index is 0.195. The number of aromatic nitrogens is 4. The minimum Gasteiger partial charge on any atom is -0.340 e. The van der Waals surface area contributed by atoms with Crippen molar-refractivity contribution < 1.29 is 8.42 Å². The smallest absolute Gasteiger partial charge is 0.214 e. The summed E-state index contributed by atoms with van der Waals surface area (Å²) in [5.74, 6) is 0.917. The number of anilines is 2. The molecule has 5 rings (SSSR count). The second kappa shape index (κ2) is 8.03. The van der Waals surface area contributed by atoms with Gasteiger partial charge in [0.15, 0.2) is 0 Å². The summed E-state index contributed by atoms with van der Waals surface area (Å²) in [6.07, 6.45) is 4.81. The molecule has 8 nitrogen and oxygen atoms in total. The minimum atomic E-state index is -3.17. The fraction of sp³-hybridized carbons (Fsp3) is 0.286. The highest BCUT2D eigenvalue weighted by Gasteiger charge is 2.24. The van der Waals surface area contributed by atoms with E-state index in [-0.39, 0.29) is 5.75 Å². The topological polar surface area (TPSA) is 104 Å². The summed E-state index contributed by atoms with van der Waals surface area (Å²) in [7, 11) is -3.17. The lowest BCUT2D eigenvalue weighted by molar-refractivity contribution is 0.440. The van der Waals surface area contributed by atoms with Gasteiger partial charge < -0.3 is 10.3 Å². The van der Waals surface area contributed by atoms with Gasteiger partial charge in [0.1, 0.15) is 17.8 Å². The van der Waals surface area contributed by atoms with Crippen molar-refractivity contribution in [3.63, 3.8) is 0 Å². The Balaban J connectivity index is 1.41. The highest BCUT2D eigenvalue weighted by molar-refractivity contribution is 7.89. The molecule has 2 N–H and O–H groups in total. The SMILES string of the molecule is CCCS(=O)(=O)N1CC=C(c2cc3c(Nc4ccc5ncsc5c4)ncnc3[nH]2)CC1. The maximum atomic E-state index is 12.3. The quantitative estimate of drug-likeness (QED) is 0.454. The van der Waals surface area contributed by atoms with E-state index in [1.54, 1.807) is 15.6 Å². The van der Waals surface area contributed by atoms with Crippen molar-refractivity contribution in [2.24, 2.45) is 0 Å². The van der Waals surface area contributed by atoms with Crippen LogP contribution in [-0.4, -0.2) is 51.5 Å². The fourth-order valence-corrected chi connectivity index (χ4v) is 5.98. The summed E-state index contributed by atoms with van der Waals surface area (Å²) in [4.78, 5) is 16.5. The summed E-state index contributed by atoms with van der Waals surface area (Å²) >= 11 is 1.60. The standard InChI is InChI=1S/C21H22N6O2S2/c1-2-9-31(28,29)27-7-5-14(6-8-27)18-11-16-20(22-12-23-21(16)26-18)25-15-3-4-17-19(10-15)30-13-24-17/h3-5,10-13H,2,6-9H2,1H3,(H2,22,23,25,26). The Labute approximate surface area is 184 Å². The van der Waals surface area contributed by atoms with Crippen LogP contribution in [0.2, 0.25) is 0 Å². The van der Waals surface area contributed by atoms with Gasteiger partial charge in [-0.2, -0.15) is 4.31 Å². The van der Waals surface area contributed by atoms with Crippen LogP contribution >= 0.6 is 11.3 Å². The molecule has 4 heterocycles. The van der Waals surface area contributed by atoms with E-state index in [4.69, 9.17) is 0 Å². The number of H-pyrrole nitrogens is 1. The number of aromatic amines is 1. The van der Waals surface area contributed by atoms with Gasteiger partial charge in [-0.25, -0.2) is 23.4 Å². The summed E-state index contributed by atoms with van der Waals surface area (Å²) in [5, 5.41) is 4.28. The molecule has 160 valence electrons. The Morgan fingerprint density at radius 3 is 2.94 bits per heavy atom. The molecule has 0 radical (unpaired) electrons. The van der Waals surface area contributed by atoms with E-state index in [9.17, 15) is 8.42 Å². The second-order valence-electron chi connectivity index (χ2n) is 7.48. The number of fused-ring (bicyclic) bond motifs is 2. The van der Waals surface area contributed by atoms with Crippen LogP contribution in [0.5, 0.6) is 0 Å². The molecule has 1 aliphatic rings. The van der Waals surface area contributed by atoms with Crippen molar-refractivity contribution >= 4 is 59.7 Å². The van der Waals surface area contributed by atoms with Gasteiger partial charge in [-0.05, 0) is 42.7 Å². The Kier molecular flexibility index (Phi) is 5.20. The van der Waals surface area contributed by atoms with Crippen LogP contribution in [0, 0.1) is 0 Å². The van der Waals surface area contributed by atoms with Gasteiger partial charge in [-0.15, -0.1) is 11.3 Å². The predicted octanol–water partition coefficient (Wildman–Crippen LogP) is 4.14. The summed E-state index contributed by atoms with van der Waals surface area (Å²) < 4.78 is 27.3. The molecule has 31 heavy (non-hydrogen) atoms. The molecule has 0 fully saturated rings. The first kappa shape index (κ1) is 20.1. The van der Waals surface area contributed by atoms with Crippen molar-refractivity contribution in [2.45, 2.75) is 19.8 Å². The molecule has 0 aliphatic carbocycles. The molecular formula is C21H22N6O2S2. The average Bonchev–Trinajstić information content (AvgIpc) is 3.41. The first-order valence-corrected chi connectivity index (χ1v) is 12.6. The lowest BCUT2D eigenvalue weighted by Crippen LogP contribution is -2.36. The van der Waals surface area contributed by atoms with E-state index in [1.165, 1.54) is 6.33 Å². The van der Waals surface area contributed by atoms with Gasteiger partial charge in [0, 0.05) is 24.5 Å². The molecule has 10 heteroatoms. The normalized spacial score (nSPS) is 15.5. The van der Waals surface area contributed by atoms with Crippen LogP contribution < -0.4 is 5.32 Å². The zero-order valence-electron chi connectivity index (χ0n) is 17.0. The second-order valence-corrected chi connectivity index (χ2v) is 10.5. The summed E-state index contributed by atoms with van der Waals surface area (Å²) in [6.45, 7) is 2.78. The van der Waals surface area contributed by atoms with Gasteiger partial charge in [-0.3, -0.25) is 0 Å². The Morgan fingerprint density at radius 1 is 1.23 bits per heavy atom. The van der Waals surface area contributed by atoms with Gasteiger partial charge in [0.2, 0.25) is 10.0 Å².